The van der Waals surface area contributed by atoms with Crippen molar-refractivity contribution < 1.29 is 5.11 Å². The molecule has 4 rings (SSSR count). The van der Waals surface area contributed by atoms with E-state index in [2.05, 4.69) is 34.6 Å². The van der Waals surface area contributed by atoms with Crippen LogP contribution in [0.4, 0.5) is 0 Å². The maximum absolute atomic E-state index is 10.4. The molecule has 1 N–H and O–H groups in total. The molecule has 0 radical (unpaired) electrons. The molecule has 156 valence electrons. The van der Waals surface area contributed by atoms with Gasteiger partial charge in [-0.15, -0.1) is 0 Å². The second-order valence-electron chi connectivity index (χ2n) is 11.8. The minimum absolute atomic E-state index is 0.0201. The molecule has 0 bridgehead atoms. The van der Waals surface area contributed by atoms with Gasteiger partial charge in [0, 0.05) is 0 Å². The summed E-state index contributed by atoms with van der Waals surface area (Å²) in [6.07, 6.45) is 15.0. The maximum Gasteiger partial charge on any atom is 0.0543 e. The first-order valence-electron chi connectivity index (χ1n) is 12.5. The fraction of sp³-hybridized carbons (Fsp3) is 1.00. The zero-order chi connectivity index (χ0) is 19.4. The van der Waals surface area contributed by atoms with Gasteiger partial charge in [0.25, 0.3) is 0 Å². The Bertz CT molecular complexity index is 528. The van der Waals surface area contributed by atoms with Crippen molar-refractivity contribution in [2.45, 2.75) is 111 Å². The topological polar surface area (TPSA) is 20.2 Å². The van der Waals surface area contributed by atoms with Gasteiger partial charge in [-0.25, -0.2) is 0 Å². The lowest BCUT2D eigenvalue weighted by atomic mass is 9.42. The summed E-state index contributed by atoms with van der Waals surface area (Å²) in [5.41, 5.74) is 1.13. The van der Waals surface area contributed by atoms with E-state index in [0.717, 1.165) is 54.3 Å². The van der Waals surface area contributed by atoms with Gasteiger partial charge in [-0.2, -0.15) is 0 Å². The molecule has 4 fully saturated rings. The zero-order valence-electron chi connectivity index (χ0n) is 18.8. The van der Waals surface area contributed by atoms with Crippen molar-refractivity contribution in [1.29, 1.82) is 0 Å². The molecule has 4 aliphatic carbocycles. The monoisotopic (exact) mass is 374 g/mol. The second kappa shape index (κ2) is 7.33. The molecule has 0 spiro atoms. The van der Waals surface area contributed by atoms with Crippen molar-refractivity contribution in [2.24, 2.45) is 52.3 Å². The molecule has 0 aliphatic heterocycles. The normalized spacial score (nSPS) is 53.3. The largest absolute Gasteiger partial charge is 0.393 e. The van der Waals surface area contributed by atoms with Crippen LogP contribution in [0.15, 0.2) is 0 Å². The van der Waals surface area contributed by atoms with Gasteiger partial charge in [0.15, 0.2) is 0 Å². The van der Waals surface area contributed by atoms with Gasteiger partial charge in [-0.1, -0.05) is 53.9 Å². The van der Waals surface area contributed by atoms with Gasteiger partial charge in [-0.3, -0.25) is 0 Å². The van der Waals surface area contributed by atoms with Gasteiger partial charge in [0.05, 0.1) is 6.10 Å². The van der Waals surface area contributed by atoms with Gasteiger partial charge >= 0.3 is 0 Å². The average Bonchev–Trinajstić information content (AvgIpc) is 2.99. The quantitative estimate of drug-likeness (QED) is 0.557. The molecule has 0 heterocycles. The van der Waals surface area contributed by atoms with Crippen molar-refractivity contribution in [3.63, 3.8) is 0 Å². The summed E-state index contributed by atoms with van der Waals surface area (Å²) < 4.78 is 0. The summed E-state index contributed by atoms with van der Waals surface area (Å²) in [6, 6.07) is 0. The van der Waals surface area contributed by atoms with Crippen LogP contribution in [0.5, 0.6) is 0 Å². The Morgan fingerprint density at radius 2 is 1.59 bits per heavy atom. The summed E-state index contributed by atoms with van der Waals surface area (Å²) in [7, 11) is 0. The SMILES string of the molecule is CCC[C@@H](C)C1CCC2C3C[C@H](CC)[C@@H]4C[C@H](O)CC[C@]4(C)C3CC[C@@]21C. The highest BCUT2D eigenvalue weighted by molar-refractivity contribution is 5.11. The molecule has 1 heteroatoms. The fourth-order valence-electron chi connectivity index (χ4n) is 9.57. The number of hydrogen-bond acceptors (Lipinski definition) is 1. The molecule has 4 unspecified atom stereocenters. The van der Waals surface area contributed by atoms with Gasteiger partial charge in [-0.05, 0) is 104 Å². The highest BCUT2D eigenvalue weighted by Crippen LogP contribution is 2.69. The number of fused-ring (bicyclic) bond motifs is 5. The van der Waals surface area contributed by atoms with Crippen LogP contribution in [0, 0.1) is 52.3 Å². The zero-order valence-corrected chi connectivity index (χ0v) is 18.8. The molecule has 0 saturated heterocycles. The fourth-order valence-corrected chi connectivity index (χ4v) is 9.57. The Balaban J connectivity index is 1.61. The minimum Gasteiger partial charge on any atom is -0.393 e. The van der Waals surface area contributed by atoms with Crippen molar-refractivity contribution in [3.8, 4) is 0 Å². The lowest BCUT2D eigenvalue weighted by molar-refractivity contribution is -0.152. The van der Waals surface area contributed by atoms with Crippen LogP contribution < -0.4 is 0 Å². The Kier molecular flexibility index (Phi) is 5.50. The molecule has 0 aromatic heterocycles. The Morgan fingerprint density at radius 3 is 2.30 bits per heavy atom. The van der Waals surface area contributed by atoms with Crippen molar-refractivity contribution >= 4 is 0 Å². The molecule has 27 heavy (non-hydrogen) atoms. The molecular weight excluding hydrogens is 328 g/mol. The third kappa shape index (κ3) is 3.04. The Hall–Kier alpha value is -0.0400. The van der Waals surface area contributed by atoms with Gasteiger partial charge in [0.2, 0.25) is 0 Å². The van der Waals surface area contributed by atoms with E-state index in [0.29, 0.717) is 10.8 Å². The summed E-state index contributed by atoms with van der Waals surface area (Å²) in [6.45, 7) is 12.7. The molecule has 10 atom stereocenters. The first kappa shape index (κ1) is 20.2. The number of aliphatic hydroxyl groups is 1. The van der Waals surface area contributed by atoms with Gasteiger partial charge in [0.1, 0.15) is 0 Å². The van der Waals surface area contributed by atoms with E-state index in [-0.39, 0.29) is 6.10 Å². The van der Waals surface area contributed by atoms with Crippen LogP contribution in [0.25, 0.3) is 0 Å². The van der Waals surface area contributed by atoms with E-state index in [1.165, 1.54) is 57.8 Å². The number of hydrogen-bond donors (Lipinski definition) is 1. The van der Waals surface area contributed by atoms with E-state index in [9.17, 15) is 5.11 Å². The summed E-state index contributed by atoms with van der Waals surface area (Å²) >= 11 is 0. The van der Waals surface area contributed by atoms with E-state index >= 15 is 0 Å². The van der Waals surface area contributed by atoms with Crippen LogP contribution in [-0.4, -0.2) is 11.2 Å². The van der Waals surface area contributed by atoms with Crippen LogP contribution in [0.3, 0.4) is 0 Å². The van der Waals surface area contributed by atoms with Crippen LogP contribution >= 0.6 is 0 Å². The first-order chi connectivity index (χ1) is 12.8. The second-order valence-corrected chi connectivity index (χ2v) is 11.8. The highest BCUT2D eigenvalue weighted by atomic mass is 16.3. The molecule has 4 aliphatic rings. The molecule has 0 aromatic rings. The standard InChI is InChI=1S/C26H46O/c1-6-8-17(3)21-9-10-22-20-15-18(7-2)24-16-19(27)11-13-26(24,5)23(20)12-14-25(21,22)4/h17-24,27H,6-16H2,1-5H3/t17-,18+,19-,20?,21?,22?,23?,24+,25-,26-/m1/s1. The molecule has 0 aromatic carbocycles. The minimum atomic E-state index is -0.0201. The summed E-state index contributed by atoms with van der Waals surface area (Å²) in [5, 5.41) is 10.4. The molecule has 1 nitrogen and oxygen atoms in total. The third-order valence-corrected chi connectivity index (χ3v) is 10.8. The molecule has 0 amide bonds. The van der Waals surface area contributed by atoms with Crippen LogP contribution in [0.1, 0.15) is 105 Å². The smallest absolute Gasteiger partial charge is 0.0543 e. The van der Waals surface area contributed by atoms with Crippen molar-refractivity contribution in [1.82, 2.24) is 0 Å². The van der Waals surface area contributed by atoms with E-state index in [1.54, 1.807) is 0 Å². The predicted molar refractivity (Wildman–Crippen MR) is 114 cm³/mol. The Morgan fingerprint density at radius 1 is 0.889 bits per heavy atom. The number of aliphatic hydroxyl groups excluding tert-OH is 1. The van der Waals surface area contributed by atoms with Crippen molar-refractivity contribution in [3.05, 3.63) is 0 Å². The van der Waals surface area contributed by atoms with Gasteiger partial charge < -0.3 is 5.11 Å². The van der Waals surface area contributed by atoms with Crippen LogP contribution in [0.2, 0.25) is 0 Å². The third-order valence-electron chi connectivity index (χ3n) is 10.8. The summed E-state index contributed by atoms with van der Waals surface area (Å²) in [4.78, 5) is 0. The van der Waals surface area contributed by atoms with Crippen LogP contribution in [-0.2, 0) is 0 Å². The lowest BCUT2D eigenvalue weighted by Gasteiger charge is -2.63. The predicted octanol–water partition coefficient (Wildman–Crippen LogP) is 7.08. The van der Waals surface area contributed by atoms with E-state index in [1.807, 2.05) is 0 Å². The lowest BCUT2D eigenvalue weighted by Crippen LogP contribution is -2.56. The summed E-state index contributed by atoms with van der Waals surface area (Å²) in [5.74, 6) is 6.44. The molecule has 4 saturated carbocycles. The first-order valence-corrected chi connectivity index (χ1v) is 12.5. The Labute approximate surface area is 169 Å². The van der Waals surface area contributed by atoms with E-state index < -0.39 is 0 Å². The average molecular weight is 375 g/mol. The van der Waals surface area contributed by atoms with Crippen molar-refractivity contribution in [2.75, 3.05) is 0 Å². The number of rotatable bonds is 4. The molecular formula is C26H46O. The highest BCUT2D eigenvalue weighted by Gasteiger charge is 2.62. The van der Waals surface area contributed by atoms with E-state index in [4.69, 9.17) is 0 Å². The maximum atomic E-state index is 10.4.